The van der Waals surface area contributed by atoms with Crippen LogP contribution in [0.1, 0.15) is 20.3 Å². The van der Waals surface area contributed by atoms with E-state index in [0.717, 1.165) is 0 Å². The van der Waals surface area contributed by atoms with Gasteiger partial charge in [0, 0.05) is 0 Å². The Labute approximate surface area is 87.0 Å². The van der Waals surface area contributed by atoms with Gasteiger partial charge in [-0.3, -0.25) is 9.59 Å². The van der Waals surface area contributed by atoms with Crippen LogP contribution in [0.5, 0.6) is 0 Å². The van der Waals surface area contributed by atoms with Crippen molar-refractivity contribution in [3.05, 3.63) is 12.2 Å². The summed E-state index contributed by atoms with van der Waals surface area (Å²) in [5.41, 5.74) is -1.77. The summed E-state index contributed by atoms with van der Waals surface area (Å²) in [6, 6.07) is 0. The Kier molecular flexibility index (Phi) is 2.93. The highest BCUT2D eigenvalue weighted by Gasteiger charge is 2.55. The largest absolute Gasteiger partial charge is 0.462 e. The molecule has 1 aliphatic rings. The van der Waals surface area contributed by atoms with Crippen LogP contribution in [0.25, 0.3) is 0 Å². The van der Waals surface area contributed by atoms with Gasteiger partial charge in [0.05, 0.1) is 13.0 Å². The molecule has 0 aromatic heterocycles. The van der Waals surface area contributed by atoms with Crippen molar-refractivity contribution in [3.8, 4) is 0 Å². The van der Waals surface area contributed by atoms with Crippen molar-refractivity contribution in [2.75, 3.05) is 6.61 Å². The fraction of sp³-hybridized carbons (Fsp3) is 0.500. The van der Waals surface area contributed by atoms with Crippen LogP contribution >= 0.6 is 0 Å². The molecule has 1 rings (SSSR count). The molecule has 0 aromatic carbocycles. The average Bonchev–Trinajstić information content (AvgIpc) is 2.42. The lowest BCUT2D eigenvalue weighted by Gasteiger charge is -2.22. The van der Waals surface area contributed by atoms with Gasteiger partial charge in [0.25, 0.3) is 5.60 Å². The number of carbonyl (C=O) groups is 3. The van der Waals surface area contributed by atoms with Crippen LogP contribution in [0.3, 0.4) is 0 Å². The summed E-state index contributed by atoms with van der Waals surface area (Å²) in [5, 5.41) is 0. The molecule has 15 heavy (non-hydrogen) atoms. The zero-order valence-corrected chi connectivity index (χ0v) is 8.66. The fourth-order valence-electron chi connectivity index (χ4n) is 1.46. The molecule has 0 N–H and O–H groups in total. The molecular weight excluding hydrogens is 200 g/mol. The third-order valence-electron chi connectivity index (χ3n) is 2.18. The summed E-state index contributed by atoms with van der Waals surface area (Å²) < 4.78 is 9.49. The number of hydrogen-bond donors (Lipinski definition) is 0. The van der Waals surface area contributed by atoms with Crippen LogP contribution in [0.4, 0.5) is 0 Å². The van der Waals surface area contributed by atoms with E-state index in [2.05, 4.69) is 6.58 Å². The van der Waals surface area contributed by atoms with E-state index in [-0.39, 0.29) is 18.6 Å². The number of ether oxygens (including phenoxy) is 2. The lowest BCUT2D eigenvalue weighted by Crippen LogP contribution is -2.47. The van der Waals surface area contributed by atoms with Crippen LogP contribution in [-0.2, 0) is 23.9 Å². The molecular formula is C10H12O5. The third kappa shape index (κ3) is 1.65. The predicted molar refractivity (Wildman–Crippen MR) is 49.9 cm³/mol. The maximum atomic E-state index is 11.6. The molecule has 1 atom stereocenters. The third-order valence-corrected chi connectivity index (χ3v) is 2.18. The maximum absolute atomic E-state index is 11.6. The van der Waals surface area contributed by atoms with Crippen LogP contribution in [-0.4, -0.2) is 29.9 Å². The summed E-state index contributed by atoms with van der Waals surface area (Å²) >= 11 is 0. The van der Waals surface area contributed by atoms with Gasteiger partial charge in [-0.25, -0.2) is 4.79 Å². The molecule has 5 heteroatoms. The summed E-state index contributed by atoms with van der Waals surface area (Å²) in [5.74, 6) is -2.09. The SMILES string of the molecule is C=C1CC(=O)OC1(C(C)=O)C(=O)OCC. The van der Waals surface area contributed by atoms with Crippen molar-refractivity contribution >= 4 is 17.7 Å². The van der Waals surface area contributed by atoms with Crippen LogP contribution in [0, 0.1) is 0 Å². The van der Waals surface area contributed by atoms with Crippen LogP contribution in [0.15, 0.2) is 12.2 Å². The molecule has 0 amide bonds. The molecule has 0 bridgehead atoms. The number of rotatable bonds is 3. The van der Waals surface area contributed by atoms with E-state index in [4.69, 9.17) is 9.47 Å². The zero-order chi connectivity index (χ0) is 11.6. The molecule has 0 spiro atoms. The minimum Gasteiger partial charge on any atom is -0.462 e. The Hall–Kier alpha value is -1.65. The number of cyclic esters (lactones) is 1. The second-order valence-electron chi connectivity index (χ2n) is 3.21. The normalized spacial score (nSPS) is 24.9. The van der Waals surface area contributed by atoms with E-state index in [9.17, 15) is 14.4 Å². The topological polar surface area (TPSA) is 69.7 Å². The second kappa shape index (κ2) is 3.84. The van der Waals surface area contributed by atoms with Crippen molar-refractivity contribution in [3.63, 3.8) is 0 Å². The van der Waals surface area contributed by atoms with E-state index in [1.165, 1.54) is 6.92 Å². The van der Waals surface area contributed by atoms with Crippen molar-refractivity contribution < 1.29 is 23.9 Å². The minimum atomic E-state index is -1.91. The molecule has 1 saturated heterocycles. The summed E-state index contributed by atoms with van der Waals surface area (Å²) in [4.78, 5) is 34.0. The van der Waals surface area contributed by atoms with Gasteiger partial charge < -0.3 is 9.47 Å². The Balaban J connectivity index is 3.10. The summed E-state index contributed by atoms with van der Waals surface area (Å²) in [7, 11) is 0. The van der Waals surface area contributed by atoms with E-state index >= 15 is 0 Å². The Morgan fingerprint density at radius 3 is 2.53 bits per heavy atom. The highest BCUT2D eigenvalue weighted by molar-refractivity contribution is 6.13. The standard InChI is InChI=1S/C10H12O5/c1-4-14-9(13)10(7(3)11)6(2)5-8(12)15-10/h2,4-5H2,1,3H3. The number of Topliss-reactive ketones (excluding diaryl/α,β-unsaturated/α-hetero) is 1. The van der Waals surface area contributed by atoms with Gasteiger partial charge in [-0.2, -0.15) is 0 Å². The van der Waals surface area contributed by atoms with Crippen LogP contribution < -0.4 is 0 Å². The maximum Gasteiger partial charge on any atom is 0.363 e. The first-order valence-electron chi connectivity index (χ1n) is 4.53. The first-order chi connectivity index (χ1) is 6.95. The first-order valence-corrected chi connectivity index (χ1v) is 4.53. The van der Waals surface area contributed by atoms with Gasteiger partial charge in [-0.05, 0) is 19.4 Å². The van der Waals surface area contributed by atoms with Gasteiger partial charge >= 0.3 is 11.9 Å². The molecule has 1 unspecified atom stereocenters. The molecule has 1 fully saturated rings. The molecule has 1 heterocycles. The van der Waals surface area contributed by atoms with Crippen molar-refractivity contribution in [2.24, 2.45) is 0 Å². The molecule has 1 aliphatic heterocycles. The Morgan fingerprint density at radius 1 is 1.60 bits per heavy atom. The van der Waals surface area contributed by atoms with Gasteiger partial charge in [0.15, 0.2) is 5.78 Å². The number of hydrogen-bond acceptors (Lipinski definition) is 5. The van der Waals surface area contributed by atoms with Crippen molar-refractivity contribution in [2.45, 2.75) is 25.9 Å². The number of ketones is 1. The van der Waals surface area contributed by atoms with E-state index < -0.39 is 23.3 Å². The van der Waals surface area contributed by atoms with E-state index in [1.54, 1.807) is 6.92 Å². The highest BCUT2D eigenvalue weighted by atomic mass is 16.6. The molecule has 5 nitrogen and oxygen atoms in total. The van der Waals surface area contributed by atoms with E-state index in [1.807, 2.05) is 0 Å². The van der Waals surface area contributed by atoms with Gasteiger partial charge in [0.1, 0.15) is 0 Å². The Bertz CT molecular complexity index is 344. The summed E-state index contributed by atoms with van der Waals surface area (Å²) in [6.45, 7) is 6.39. The van der Waals surface area contributed by atoms with E-state index in [0.29, 0.717) is 0 Å². The number of esters is 2. The van der Waals surface area contributed by atoms with Gasteiger partial charge in [-0.1, -0.05) is 6.58 Å². The smallest absolute Gasteiger partial charge is 0.363 e. The first kappa shape index (κ1) is 11.4. The van der Waals surface area contributed by atoms with Crippen molar-refractivity contribution in [1.82, 2.24) is 0 Å². The zero-order valence-electron chi connectivity index (χ0n) is 8.66. The lowest BCUT2D eigenvalue weighted by atomic mass is 9.91. The predicted octanol–water partition coefficient (Wildman–Crippen LogP) is 0.380. The van der Waals surface area contributed by atoms with Gasteiger partial charge in [-0.15, -0.1) is 0 Å². The van der Waals surface area contributed by atoms with Crippen LogP contribution in [0.2, 0.25) is 0 Å². The van der Waals surface area contributed by atoms with Crippen molar-refractivity contribution in [1.29, 1.82) is 0 Å². The molecule has 0 aliphatic carbocycles. The molecule has 0 aromatic rings. The second-order valence-corrected chi connectivity index (χ2v) is 3.21. The molecule has 0 saturated carbocycles. The lowest BCUT2D eigenvalue weighted by molar-refractivity contribution is -0.174. The number of carbonyl (C=O) groups excluding carboxylic acids is 3. The highest BCUT2D eigenvalue weighted by Crippen LogP contribution is 2.33. The monoisotopic (exact) mass is 212 g/mol. The minimum absolute atomic E-state index is 0.110. The quantitative estimate of drug-likeness (QED) is 0.384. The molecule has 82 valence electrons. The fourth-order valence-corrected chi connectivity index (χ4v) is 1.46. The average molecular weight is 212 g/mol. The summed E-state index contributed by atoms with van der Waals surface area (Å²) in [6.07, 6.45) is -0.127. The molecule has 0 radical (unpaired) electrons. The Morgan fingerprint density at radius 2 is 2.20 bits per heavy atom. The van der Waals surface area contributed by atoms with Gasteiger partial charge in [0.2, 0.25) is 0 Å².